The van der Waals surface area contributed by atoms with Crippen LogP contribution in [0.25, 0.3) is 11.2 Å². The molecule has 1 aliphatic rings. The summed E-state index contributed by atoms with van der Waals surface area (Å²) in [6.45, 7) is -0.574. The number of aliphatic hydroxyl groups excluding tert-OH is 3. The van der Waals surface area contributed by atoms with Gasteiger partial charge in [0.2, 0.25) is 0 Å². The Balaban J connectivity index is 2.01. The highest BCUT2D eigenvalue weighted by molar-refractivity contribution is 5.81. The van der Waals surface area contributed by atoms with E-state index in [1.165, 1.54) is 17.2 Å². The van der Waals surface area contributed by atoms with Crippen LogP contribution in [-0.4, -0.2) is 60.3 Å². The van der Waals surface area contributed by atoms with Crippen LogP contribution in [0.5, 0.6) is 0 Å². The average Bonchev–Trinajstić information content (AvgIpc) is 3.00. The van der Waals surface area contributed by atoms with Gasteiger partial charge in [-0.1, -0.05) is 0 Å². The fourth-order valence-corrected chi connectivity index (χ4v) is 2.48. The van der Waals surface area contributed by atoms with E-state index in [0.29, 0.717) is 11.2 Å². The summed E-state index contributed by atoms with van der Waals surface area (Å²) in [4.78, 5) is 12.0. The van der Waals surface area contributed by atoms with Crippen molar-refractivity contribution in [1.29, 1.82) is 0 Å². The summed E-state index contributed by atoms with van der Waals surface area (Å²) < 4.78 is 7.10. The van der Waals surface area contributed by atoms with Gasteiger partial charge in [0.05, 0.1) is 25.6 Å². The third kappa shape index (κ3) is 1.83. The molecule has 4 atom stereocenters. The van der Waals surface area contributed by atoms with E-state index in [1.807, 2.05) is 0 Å². The molecule has 5 N–H and O–H groups in total. The van der Waals surface area contributed by atoms with Gasteiger partial charge in [-0.05, 0) is 0 Å². The van der Waals surface area contributed by atoms with E-state index in [1.54, 1.807) is 0 Å². The van der Waals surface area contributed by atoms with Crippen molar-refractivity contribution in [2.24, 2.45) is 5.92 Å². The summed E-state index contributed by atoms with van der Waals surface area (Å²) in [5.74, 6) is -0.333. The van der Waals surface area contributed by atoms with Crippen LogP contribution in [0.4, 0.5) is 5.82 Å². The van der Waals surface area contributed by atoms with Crippen molar-refractivity contribution in [3.05, 3.63) is 12.7 Å². The normalized spacial score (nSPS) is 30.1. The molecule has 0 aromatic carbocycles. The highest BCUT2D eigenvalue weighted by Crippen LogP contribution is 2.35. The second kappa shape index (κ2) is 4.94. The van der Waals surface area contributed by atoms with Crippen molar-refractivity contribution in [3.63, 3.8) is 0 Å². The number of anilines is 1. The molecule has 0 bridgehead atoms. The van der Waals surface area contributed by atoms with Gasteiger partial charge in [-0.25, -0.2) is 15.0 Å². The Hall–Kier alpha value is -1.81. The first-order chi connectivity index (χ1) is 9.67. The summed E-state index contributed by atoms with van der Waals surface area (Å²) in [5.41, 5.74) is 6.54. The Kier molecular flexibility index (Phi) is 3.26. The molecule has 1 saturated heterocycles. The van der Waals surface area contributed by atoms with E-state index in [2.05, 4.69) is 15.0 Å². The van der Waals surface area contributed by atoms with E-state index in [4.69, 9.17) is 10.5 Å². The maximum absolute atomic E-state index is 10.2. The second-order valence-electron chi connectivity index (χ2n) is 4.67. The summed E-state index contributed by atoms with van der Waals surface area (Å²) in [6, 6.07) is 0. The van der Waals surface area contributed by atoms with Gasteiger partial charge in [-0.3, -0.25) is 4.57 Å². The number of fused-ring (bicyclic) bond motifs is 1. The maximum atomic E-state index is 10.2. The minimum Gasteiger partial charge on any atom is -0.396 e. The number of nitrogen functional groups attached to an aromatic ring is 1. The number of aromatic nitrogens is 4. The van der Waals surface area contributed by atoms with Crippen LogP contribution in [0.3, 0.4) is 0 Å². The van der Waals surface area contributed by atoms with Crippen LogP contribution >= 0.6 is 0 Å². The Morgan fingerprint density at radius 1 is 1.25 bits per heavy atom. The maximum Gasteiger partial charge on any atom is 0.167 e. The molecular weight excluding hydrogens is 266 g/mol. The minimum atomic E-state index is -0.981. The summed E-state index contributed by atoms with van der Waals surface area (Å²) in [6.07, 6.45) is 0.327. The molecule has 0 saturated carbocycles. The Bertz CT molecular complexity index is 618. The number of aliphatic hydroxyl groups is 3. The van der Waals surface area contributed by atoms with Crippen LogP contribution in [0.15, 0.2) is 12.7 Å². The molecule has 0 aliphatic carbocycles. The molecule has 4 unspecified atom stereocenters. The zero-order valence-corrected chi connectivity index (χ0v) is 10.5. The number of rotatable bonds is 3. The summed E-state index contributed by atoms with van der Waals surface area (Å²) in [5, 5.41) is 28.8. The number of hydrogen-bond acceptors (Lipinski definition) is 8. The fraction of sp³-hybridized carbons (Fsp3) is 0.545. The molecule has 3 heterocycles. The second-order valence-corrected chi connectivity index (χ2v) is 4.67. The van der Waals surface area contributed by atoms with Crippen molar-refractivity contribution in [3.8, 4) is 0 Å². The molecule has 0 spiro atoms. The van der Waals surface area contributed by atoms with Gasteiger partial charge in [0, 0.05) is 5.92 Å². The average molecular weight is 281 g/mol. The lowest BCUT2D eigenvalue weighted by Gasteiger charge is -2.17. The molecule has 1 fully saturated rings. The molecule has 2 aromatic rings. The zero-order valence-electron chi connectivity index (χ0n) is 10.5. The number of nitrogens with two attached hydrogens (primary N) is 1. The van der Waals surface area contributed by atoms with E-state index in [-0.39, 0.29) is 19.0 Å². The van der Waals surface area contributed by atoms with Crippen molar-refractivity contribution >= 4 is 17.0 Å². The molecule has 108 valence electrons. The first-order valence-corrected chi connectivity index (χ1v) is 6.15. The smallest absolute Gasteiger partial charge is 0.167 e. The van der Waals surface area contributed by atoms with Gasteiger partial charge in [-0.2, -0.15) is 0 Å². The highest BCUT2D eigenvalue weighted by Gasteiger charge is 2.44. The van der Waals surface area contributed by atoms with Crippen LogP contribution in [0, 0.1) is 5.92 Å². The van der Waals surface area contributed by atoms with Gasteiger partial charge >= 0.3 is 0 Å². The Morgan fingerprint density at radius 3 is 2.70 bits per heavy atom. The first kappa shape index (κ1) is 13.2. The largest absolute Gasteiger partial charge is 0.396 e. The monoisotopic (exact) mass is 281 g/mol. The molecule has 1 aliphatic heterocycles. The molecule has 20 heavy (non-hydrogen) atoms. The van der Waals surface area contributed by atoms with E-state index < -0.39 is 24.4 Å². The predicted molar refractivity (Wildman–Crippen MR) is 67.3 cm³/mol. The van der Waals surface area contributed by atoms with Crippen molar-refractivity contribution < 1.29 is 20.1 Å². The van der Waals surface area contributed by atoms with Crippen molar-refractivity contribution in [2.45, 2.75) is 18.4 Å². The number of nitrogens with zero attached hydrogens (tertiary/aromatic N) is 4. The minimum absolute atomic E-state index is 0.235. The Morgan fingerprint density at radius 2 is 2.05 bits per heavy atom. The van der Waals surface area contributed by atoms with E-state index in [0.717, 1.165) is 0 Å². The summed E-state index contributed by atoms with van der Waals surface area (Å²) >= 11 is 0. The molecular formula is C11H15N5O4. The van der Waals surface area contributed by atoms with Crippen LogP contribution in [0.1, 0.15) is 6.23 Å². The van der Waals surface area contributed by atoms with Crippen LogP contribution < -0.4 is 5.73 Å². The topological polar surface area (TPSA) is 140 Å². The van der Waals surface area contributed by atoms with Gasteiger partial charge in [-0.15, -0.1) is 0 Å². The predicted octanol–water partition coefficient (Wildman–Crippen LogP) is -1.73. The van der Waals surface area contributed by atoms with Crippen LogP contribution in [0.2, 0.25) is 0 Å². The van der Waals surface area contributed by atoms with Crippen molar-refractivity contribution in [1.82, 2.24) is 19.5 Å². The zero-order chi connectivity index (χ0) is 14.3. The molecule has 9 nitrogen and oxygen atoms in total. The fourth-order valence-electron chi connectivity index (χ4n) is 2.48. The van der Waals surface area contributed by atoms with Gasteiger partial charge < -0.3 is 25.8 Å². The first-order valence-electron chi connectivity index (χ1n) is 6.15. The van der Waals surface area contributed by atoms with E-state index in [9.17, 15) is 15.3 Å². The van der Waals surface area contributed by atoms with Gasteiger partial charge in [0.1, 0.15) is 17.9 Å². The molecule has 0 amide bonds. The number of hydrogen-bond donors (Lipinski definition) is 4. The molecule has 3 rings (SSSR count). The lowest BCUT2D eigenvalue weighted by Crippen LogP contribution is -2.30. The lowest BCUT2D eigenvalue weighted by atomic mass is 9.99. The lowest BCUT2D eigenvalue weighted by molar-refractivity contribution is -0.0496. The Labute approximate surface area is 113 Å². The van der Waals surface area contributed by atoms with E-state index >= 15 is 0 Å². The number of ether oxygens (including phenoxy) is 1. The quantitative estimate of drug-likeness (QED) is 0.520. The molecule has 2 aromatic heterocycles. The highest BCUT2D eigenvalue weighted by atomic mass is 16.5. The standard InChI is InChI=1S/C11H15N5O4/c12-9-7-10(14-3-13-9)16(4-15-7)11-8(19)5(1-17)6(2-18)20-11/h3-6,8,11,17-19H,1-2H2,(H2,12,13,14). The third-order valence-electron chi connectivity index (χ3n) is 3.57. The molecule has 9 heteroatoms. The summed E-state index contributed by atoms with van der Waals surface area (Å²) in [7, 11) is 0. The number of imidazole rings is 1. The van der Waals surface area contributed by atoms with Crippen LogP contribution in [-0.2, 0) is 4.74 Å². The molecule has 0 radical (unpaired) electrons. The van der Waals surface area contributed by atoms with Crippen molar-refractivity contribution in [2.75, 3.05) is 18.9 Å². The van der Waals surface area contributed by atoms with Gasteiger partial charge in [0.25, 0.3) is 0 Å². The van der Waals surface area contributed by atoms with Gasteiger partial charge in [0.15, 0.2) is 17.7 Å². The third-order valence-corrected chi connectivity index (χ3v) is 3.57. The SMILES string of the molecule is Nc1ncnc2c1ncn2C1OC(CO)C(CO)C1O.